The van der Waals surface area contributed by atoms with Gasteiger partial charge in [-0.05, 0) is 36.2 Å². The molecule has 4 nitrogen and oxygen atoms in total. The molecule has 94 valence electrons. The molecule has 0 aliphatic rings. The van der Waals surface area contributed by atoms with Gasteiger partial charge in [-0.2, -0.15) is 0 Å². The van der Waals surface area contributed by atoms with E-state index in [-0.39, 0.29) is 0 Å². The smallest absolute Gasteiger partial charge is 0.229 e. The van der Waals surface area contributed by atoms with Crippen molar-refractivity contribution in [2.45, 2.75) is 13.3 Å². The van der Waals surface area contributed by atoms with Crippen LogP contribution in [-0.2, 0) is 0 Å². The molecule has 2 N–H and O–H groups in total. The molecular formula is C12H14N4S2. The van der Waals surface area contributed by atoms with E-state index in [9.17, 15) is 0 Å². The first-order chi connectivity index (χ1) is 8.79. The fraction of sp³-hybridized carbons (Fsp3) is 0.250. The summed E-state index contributed by atoms with van der Waals surface area (Å²) in [5.74, 6) is 0.523. The lowest BCUT2D eigenvalue weighted by Gasteiger charge is -2.08. The minimum atomic E-state index is 0.523. The fourth-order valence-electron chi connectivity index (χ4n) is 1.36. The quantitative estimate of drug-likeness (QED) is 0.842. The van der Waals surface area contributed by atoms with Crippen molar-refractivity contribution in [3.63, 3.8) is 0 Å². The highest BCUT2D eigenvalue weighted by Gasteiger charge is 2.04. The zero-order chi connectivity index (χ0) is 12.8. The molecule has 0 spiro atoms. The Bertz CT molecular complexity index is 511. The van der Waals surface area contributed by atoms with Gasteiger partial charge in [0.15, 0.2) is 5.11 Å². The molecule has 2 aromatic rings. The Morgan fingerprint density at radius 2 is 2.33 bits per heavy atom. The predicted octanol–water partition coefficient (Wildman–Crippen LogP) is 2.90. The van der Waals surface area contributed by atoms with Gasteiger partial charge in [-0.15, -0.1) is 11.3 Å². The standard InChI is InChI=1S/C12H14N4S2/c1-2-6-14-12(17)16-11-13-7-5-9(15-11)10-4-3-8-18-10/h3-5,7-8H,2,6H2,1H3,(H2,13,14,15,16,17). The number of anilines is 1. The molecule has 2 rings (SSSR count). The third kappa shape index (κ3) is 3.48. The van der Waals surface area contributed by atoms with Crippen LogP contribution in [0.15, 0.2) is 29.8 Å². The first-order valence-electron chi connectivity index (χ1n) is 5.71. The second-order valence-corrected chi connectivity index (χ2v) is 4.98. The van der Waals surface area contributed by atoms with E-state index in [2.05, 4.69) is 27.5 Å². The van der Waals surface area contributed by atoms with E-state index >= 15 is 0 Å². The van der Waals surface area contributed by atoms with Crippen molar-refractivity contribution in [1.82, 2.24) is 15.3 Å². The minimum absolute atomic E-state index is 0.523. The van der Waals surface area contributed by atoms with E-state index in [0.29, 0.717) is 11.1 Å². The summed E-state index contributed by atoms with van der Waals surface area (Å²) in [4.78, 5) is 9.69. The van der Waals surface area contributed by atoms with Crippen molar-refractivity contribution >= 4 is 34.6 Å². The highest BCUT2D eigenvalue weighted by molar-refractivity contribution is 7.80. The number of hydrogen-bond donors (Lipinski definition) is 2. The first kappa shape index (κ1) is 12.9. The van der Waals surface area contributed by atoms with Crippen LogP contribution in [0, 0.1) is 0 Å². The summed E-state index contributed by atoms with van der Waals surface area (Å²) in [6, 6.07) is 5.92. The molecule has 0 atom stereocenters. The summed E-state index contributed by atoms with van der Waals surface area (Å²) in [5.41, 5.74) is 0.904. The van der Waals surface area contributed by atoms with Crippen LogP contribution in [0.2, 0.25) is 0 Å². The van der Waals surface area contributed by atoms with Crippen molar-refractivity contribution < 1.29 is 0 Å². The van der Waals surface area contributed by atoms with Gasteiger partial charge >= 0.3 is 0 Å². The molecule has 2 aromatic heterocycles. The molecule has 0 fully saturated rings. The molecule has 0 radical (unpaired) electrons. The van der Waals surface area contributed by atoms with Gasteiger partial charge in [0.25, 0.3) is 0 Å². The second-order valence-electron chi connectivity index (χ2n) is 3.62. The van der Waals surface area contributed by atoms with Crippen LogP contribution in [0.25, 0.3) is 10.6 Å². The Balaban J connectivity index is 2.06. The average molecular weight is 278 g/mol. The summed E-state index contributed by atoms with van der Waals surface area (Å²) in [7, 11) is 0. The number of hydrogen-bond acceptors (Lipinski definition) is 4. The van der Waals surface area contributed by atoms with E-state index in [1.165, 1.54) is 0 Å². The van der Waals surface area contributed by atoms with E-state index in [4.69, 9.17) is 12.2 Å². The average Bonchev–Trinajstić information content (AvgIpc) is 2.90. The van der Waals surface area contributed by atoms with E-state index in [1.54, 1.807) is 17.5 Å². The number of thiophene rings is 1. The summed E-state index contributed by atoms with van der Waals surface area (Å²) in [6.07, 6.45) is 2.75. The number of nitrogens with zero attached hydrogens (tertiary/aromatic N) is 2. The number of aromatic nitrogens is 2. The molecule has 0 aliphatic heterocycles. The monoisotopic (exact) mass is 278 g/mol. The lowest BCUT2D eigenvalue weighted by molar-refractivity contribution is 0.845. The van der Waals surface area contributed by atoms with Crippen molar-refractivity contribution in [2.24, 2.45) is 0 Å². The highest BCUT2D eigenvalue weighted by atomic mass is 32.1. The Labute approximate surface area is 115 Å². The van der Waals surface area contributed by atoms with Crippen LogP contribution >= 0.6 is 23.6 Å². The van der Waals surface area contributed by atoms with Gasteiger partial charge in [0.1, 0.15) is 0 Å². The van der Waals surface area contributed by atoms with Crippen LogP contribution in [0.5, 0.6) is 0 Å². The summed E-state index contributed by atoms with van der Waals surface area (Å²) in [6.45, 7) is 2.93. The highest BCUT2D eigenvalue weighted by Crippen LogP contribution is 2.22. The minimum Gasteiger partial charge on any atom is -0.362 e. The zero-order valence-corrected chi connectivity index (χ0v) is 11.6. The van der Waals surface area contributed by atoms with Crippen LogP contribution in [0.3, 0.4) is 0 Å². The maximum Gasteiger partial charge on any atom is 0.229 e. The maximum absolute atomic E-state index is 5.15. The van der Waals surface area contributed by atoms with Crippen molar-refractivity contribution in [3.8, 4) is 10.6 Å². The number of nitrogens with one attached hydrogen (secondary N) is 2. The van der Waals surface area contributed by atoms with E-state index in [1.807, 2.05) is 23.6 Å². The Kier molecular flexibility index (Phi) is 4.60. The zero-order valence-electron chi connectivity index (χ0n) is 10.0. The summed E-state index contributed by atoms with van der Waals surface area (Å²) in [5, 5.41) is 8.64. The van der Waals surface area contributed by atoms with Crippen molar-refractivity contribution in [3.05, 3.63) is 29.8 Å². The molecule has 0 saturated heterocycles. The SMILES string of the molecule is CCCNC(=S)Nc1nccc(-c2cccs2)n1. The molecule has 0 amide bonds. The molecule has 0 unspecified atom stereocenters. The van der Waals surface area contributed by atoms with E-state index < -0.39 is 0 Å². The Morgan fingerprint density at radius 3 is 3.06 bits per heavy atom. The lowest BCUT2D eigenvalue weighted by Crippen LogP contribution is -2.29. The molecule has 0 aliphatic carbocycles. The predicted molar refractivity (Wildman–Crippen MR) is 79.9 cm³/mol. The van der Waals surface area contributed by atoms with Crippen LogP contribution in [0.1, 0.15) is 13.3 Å². The topological polar surface area (TPSA) is 49.8 Å². The molecule has 0 aromatic carbocycles. The van der Waals surface area contributed by atoms with Crippen molar-refractivity contribution in [2.75, 3.05) is 11.9 Å². The second kappa shape index (κ2) is 6.42. The number of rotatable bonds is 4. The van der Waals surface area contributed by atoms with Gasteiger partial charge < -0.3 is 10.6 Å². The third-order valence-electron chi connectivity index (χ3n) is 2.19. The Morgan fingerprint density at radius 1 is 1.44 bits per heavy atom. The molecule has 2 heterocycles. The Hall–Kier alpha value is -1.53. The molecule has 0 bridgehead atoms. The van der Waals surface area contributed by atoms with Gasteiger partial charge in [0.05, 0.1) is 10.6 Å². The molecule has 6 heteroatoms. The summed E-state index contributed by atoms with van der Waals surface area (Å²) >= 11 is 6.80. The summed E-state index contributed by atoms with van der Waals surface area (Å²) < 4.78 is 0. The molecule has 0 saturated carbocycles. The van der Waals surface area contributed by atoms with Gasteiger partial charge in [0.2, 0.25) is 5.95 Å². The number of thiocarbonyl (C=S) groups is 1. The van der Waals surface area contributed by atoms with Gasteiger partial charge in [0, 0.05) is 12.7 Å². The van der Waals surface area contributed by atoms with Gasteiger partial charge in [-0.1, -0.05) is 13.0 Å². The fourth-order valence-corrected chi connectivity index (χ4v) is 2.25. The maximum atomic E-state index is 5.15. The first-order valence-corrected chi connectivity index (χ1v) is 7.00. The largest absolute Gasteiger partial charge is 0.362 e. The third-order valence-corrected chi connectivity index (χ3v) is 3.33. The molecule has 18 heavy (non-hydrogen) atoms. The van der Waals surface area contributed by atoms with Crippen LogP contribution < -0.4 is 10.6 Å². The normalized spacial score (nSPS) is 10.1. The van der Waals surface area contributed by atoms with E-state index in [0.717, 1.165) is 23.5 Å². The van der Waals surface area contributed by atoms with Crippen molar-refractivity contribution in [1.29, 1.82) is 0 Å². The van der Waals surface area contributed by atoms with Gasteiger partial charge in [-0.25, -0.2) is 9.97 Å². The van der Waals surface area contributed by atoms with Crippen LogP contribution in [0.4, 0.5) is 5.95 Å². The molecular weight excluding hydrogens is 264 g/mol. The van der Waals surface area contributed by atoms with Crippen LogP contribution in [-0.4, -0.2) is 21.6 Å². The lowest BCUT2D eigenvalue weighted by atomic mass is 10.3. The van der Waals surface area contributed by atoms with Gasteiger partial charge in [-0.3, -0.25) is 0 Å².